The number of amides is 1. The van der Waals surface area contributed by atoms with Crippen molar-refractivity contribution in [2.45, 2.75) is 32.0 Å². The Labute approximate surface area is 165 Å². The topological polar surface area (TPSA) is 58.4 Å². The summed E-state index contributed by atoms with van der Waals surface area (Å²) in [7, 11) is 0. The lowest BCUT2D eigenvalue weighted by atomic mass is 10.0. The first kappa shape index (κ1) is 19.3. The fourth-order valence-corrected chi connectivity index (χ4v) is 3.73. The van der Waals surface area contributed by atoms with Crippen LogP contribution in [0.3, 0.4) is 0 Å². The molecule has 1 amide bonds. The first-order chi connectivity index (χ1) is 13.8. The van der Waals surface area contributed by atoms with Crippen LogP contribution in [0.5, 0.6) is 0 Å². The van der Waals surface area contributed by atoms with Crippen molar-refractivity contribution in [1.29, 1.82) is 0 Å². The van der Waals surface area contributed by atoms with Crippen LogP contribution in [0.25, 0.3) is 10.9 Å². The molecule has 5 nitrogen and oxygen atoms in total. The van der Waals surface area contributed by atoms with Gasteiger partial charge in [-0.3, -0.25) is 9.78 Å². The second kappa shape index (κ2) is 7.42. The van der Waals surface area contributed by atoms with Crippen molar-refractivity contribution in [3.05, 3.63) is 59.7 Å². The normalized spacial score (nSPS) is 15.7. The van der Waals surface area contributed by atoms with Gasteiger partial charge in [0.05, 0.1) is 22.9 Å². The third-order valence-corrected chi connectivity index (χ3v) is 5.32. The lowest BCUT2D eigenvalue weighted by Gasteiger charge is -2.34. The number of halogens is 3. The summed E-state index contributed by atoms with van der Waals surface area (Å²) >= 11 is 0. The van der Waals surface area contributed by atoms with Crippen molar-refractivity contribution in [3.8, 4) is 0 Å². The Morgan fingerprint density at radius 1 is 1.21 bits per heavy atom. The Balaban J connectivity index is 1.46. The molecular weight excluding hydrogens is 383 g/mol. The number of carbonyl (C=O) groups excluding carboxylic acids is 1. The van der Waals surface area contributed by atoms with Gasteiger partial charge in [0.2, 0.25) is 0 Å². The second-order valence-corrected chi connectivity index (χ2v) is 7.19. The number of aromatic nitrogens is 1. The number of alkyl halides is 3. The number of pyridine rings is 1. The smallest absolute Gasteiger partial charge is 0.416 e. The molecule has 152 valence electrons. The van der Waals surface area contributed by atoms with Crippen LogP contribution < -0.4 is 10.2 Å². The van der Waals surface area contributed by atoms with Crippen molar-refractivity contribution in [3.63, 3.8) is 0 Å². The maximum Gasteiger partial charge on any atom is 0.416 e. The Hall–Kier alpha value is -3.03. The number of nitrogens with zero attached hydrogens (tertiary/aromatic N) is 2. The molecule has 29 heavy (non-hydrogen) atoms. The fourth-order valence-electron chi connectivity index (χ4n) is 3.73. The molecule has 8 heteroatoms. The van der Waals surface area contributed by atoms with Gasteiger partial charge in [-0.25, -0.2) is 0 Å². The van der Waals surface area contributed by atoms with Crippen LogP contribution in [0.1, 0.15) is 34.5 Å². The van der Waals surface area contributed by atoms with E-state index >= 15 is 0 Å². The third kappa shape index (κ3) is 3.92. The molecule has 1 aromatic carbocycles. The SMILES string of the molecule is Cc1occc1C(=O)NC1CCN(c2ccnc3cc(C(F)(F)F)ccc23)CC1. The average molecular weight is 403 g/mol. The molecule has 0 atom stereocenters. The van der Waals surface area contributed by atoms with Gasteiger partial charge >= 0.3 is 6.18 Å². The van der Waals surface area contributed by atoms with E-state index in [0.29, 0.717) is 35.3 Å². The van der Waals surface area contributed by atoms with Crippen LogP contribution in [0.15, 0.2) is 47.2 Å². The highest BCUT2D eigenvalue weighted by Crippen LogP contribution is 2.34. The van der Waals surface area contributed by atoms with E-state index in [2.05, 4.69) is 15.2 Å². The van der Waals surface area contributed by atoms with Crippen LogP contribution in [0.2, 0.25) is 0 Å². The lowest BCUT2D eigenvalue weighted by molar-refractivity contribution is -0.137. The Morgan fingerprint density at radius 3 is 2.62 bits per heavy atom. The summed E-state index contributed by atoms with van der Waals surface area (Å²) in [6, 6.07) is 7.17. The van der Waals surface area contributed by atoms with Gasteiger partial charge in [-0.15, -0.1) is 0 Å². The summed E-state index contributed by atoms with van der Waals surface area (Å²) in [5, 5.41) is 3.72. The molecule has 1 aliphatic rings. The number of hydrogen-bond donors (Lipinski definition) is 1. The number of piperidine rings is 1. The van der Waals surface area contributed by atoms with Crippen molar-refractivity contribution < 1.29 is 22.4 Å². The van der Waals surface area contributed by atoms with Gasteiger partial charge in [0.1, 0.15) is 5.76 Å². The Bertz CT molecular complexity index is 1040. The van der Waals surface area contributed by atoms with Crippen LogP contribution in [-0.2, 0) is 6.18 Å². The summed E-state index contributed by atoms with van der Waals surface area (Å²) in [5.74, 6) is 0.435. The van der Waals surface area contributed by atoms with Crippen molar-refractivity contribution in [2.75, 3.05) is 18.0 Å². The molecule has 2 aromatic heterocycles. The van der Waals surface area contributed by atoms with Gasteiger partial charge in [-0.1, -0.05) is 6.07 Å². The first-order valence-corrected chi connectivity index (χ1v) is 9.39. The predicted molar refractivity (Wildman–Crippen MR) is 103 cm³/mol. The molecule has 1 saturated heterocycles. The van der Waals surface area contributed by atoms with Crippen molar-refractivity contribution >= 4 is 22.5 Å². The van der Waals surface area contributed by atoms with E-state index in [0.717, 1.165) is 30.7 Å². The van der Waals surface area contributed by atoms with E-state index in [1.54, 1.807) is 13.0 Å². The largest absolute Gasteiger partial charge is 0.469 e. The summed E-state index contributed by atoms with van der Waals surface area (Å²) in [6.45, 7) is 3.13. The highest BCUT2D eigenvalue weighted by molar-refractivity contribution is 5.95. The summed E-state index contributed by atoms with van der Waals surface area (Å²) < 4.78 is 44.1. The maximum absolute atomic E-state index is 13.0. The number of furan rings is 1. The lowest BCUT2D eigenvalue weighted by Crippen LogP contribution is -2.44. The number of carbonyl (C=O) groups is 1. The zero-order chi connectivity index (χ0) is 20.6. The fraction of sp³-hybridized carbons (Fsp3) is 0.333. The highest BCUT2D eigenvalue weighted by atomic mass is 19.4. The summed E-state index contributed by atoms with van der Waals surface area (Å²) in [4.78, 5) is 18.6. The molecule has 0 spiro atoms. The molecule has 0 radical (unpaired) electrons. The molecule has 1 N–H and O–H groups in total. The van der Waals surface area contributed by atoms with Crippen LogP contribution in [0, 0.1) is 6.92 Å². The highest BCUT2D eigenvalue weighted by Gasteiger charge is 2.31. The minimum Gasteiger partial charge on any atom is -0.469 e. The van der Waals surface area contributed by atoms with E-state index in [4.69, 9.17) is 4.42 Å². The number of nitrogens with one attached hydrogen (secondary N) is 1. The van der Waals surface area contributed by atoms with E-state index in [1.165, 1.54) is 18.5 Å². The van der Waals surface area contributed by atoms with Gasteiger partial charge in [0, 0.05) is 36.4 Å². The van der Waals surface area contributed by atoms with E-state index in [1.807, 2.05) is 6.07 Å². The van der Waals surface area contributed by atoms with Gasteiger partial charge in [-0.2, -0.15) is 13.2 Å². The number of rotatable bonds is 3. The van der Waals surface area contributed by atoms with Gasteiger partial charge in [0.15, 0.2) is 0 Å². The van der Waals surface area contributed by atoms with Crippen LogP contribution in [-0.4, -0.2) is 30.0 Å². The van der Waals surface area contributed by atoms with E-state index in [9.17, 15) is 18.0 Å². The number of fused-ring (bicyclic) bond motifs is 1. The second-order valence-electron chi connectivity index (χ2n) is 7.19. The van der Waals surface area contributed by atoms with E-state index < -0.39 is 11.7 Å². The van der Waals surface area contributed by atoms with Crippen LogP contribution in [0.4, 0.5) is 18.9 Å². The Kier molecular flexibility index (Phi) is 4.94. The summed E-state index contributed by atoms with van der Waals surface area (Å²) in [6.07, 6.45) is 0.120. The first-order valence-electron chi connectivity index (χ1n) is 9.39. The monoisotopic (exact) mass is 403 g/mol. The van der Waals surface area contributed by atoms with Crippen molar-refractivity contribution in [2.24, 2.45) is 0 Å². The molecule has 3 aromatic rings. The molecule has 3 heterocycles. The van der Waals surface area contributed by atoms with Crippen LogP contribution >= 0.6 is 0 Å². The Morgan fingerprint density at radius 2 is 1.97 bits per heavy atom. The molecule has 4 rings (SSSR count). The standard InChI is InChI=1S/C21H20F3N3O2/c1-13-16(7-11-29-13)20(28)26-15-5-9-27(10-6-15)19-4-8-25-18-12-14(21(22,23)24)2-3-17(18)19/h2-4,7-8,11-12,15H,5-6,9-10H2,1H3,(H,26,28). The minimum absolute atomic E-state index is 0.0398. The molecule has 0 bridgehead atoms. The molecular formula is C21H20F3N3O2. The minimum atomic E-state index is -4.39. The molecule has 1 fully saturated rings. The quantitative estimate of drug-likeness (QED) is 0.697. The molecule has 0 aliphatic carbocycles. The molecule has 1 aliphatic heterocycles. The number of hydrogen-bond acceptors (Lipinski definition) is 4. The summed E-state index contributed by atoms with van der Waals surface area (Å²) in [5.41, 5.74) is 1.01. The number of aryl methyl sites for hydroxylation is 1. The van der Waals surface area contributed by atoms with Crippen molar-refractivity contribution in [1.82, 2.24) is 10.3 Å². The number of anilines is 1. The zero-order valence-corrected chi connectivity index (χ0v) is 15.8. The third-order valence-electron chi connectivity index (χ3n) is 5.32. The zero-order valence-electron chi connectivity index (χ0n) is 15.8. The van der Waals surface area contributed by atoms with Gasteiger partial charge in [-0.05, 0) is 44.0 Å². The molecule has 0 unspecified atom stereocenters. The van der Waals surface area contributed by atoms with E-state index in [-0.39, 0.29) is 11.9 Å². The average Bonchev–Trinajstić information content (AvgIpc) is 3.13. The molecule has 0 saturated carbocycles. The van der Waals surface area contributed by atoms with Gasteiger partial charge < -0.3 is 14.6 Å². The number of benzene rings is 1. The van der Waals surface area contributed by atoms with Gasteiger partial charge in [0.25, 0.3) is 5.91 Å². The predicted octanol–water partition coefficient (Wildman–Crippen LogP) is 4.55. The maximum atomic E-state index is 13.0.